The van der Waals surface area contributed by atoms with Crippen molar-refractivity contribution in [2.75, 3.05) is 0 Å². The SMILES string of the molecule is CCCCCCC/C=C\C/C=C\CCCCCCC(=O)O. The number of unbranched alkanes of at least 4 members (excludes halogenated alkanes) is 9. The summed E-state index contributed by atoms with van der Waals surface area (Å²) in [6, 6.07) is 0. The molecule has 0 saturated heterocycles. The zero-order chi connectivity index (χ0) is 15.6. The molecule has 0 heterocycles. The first kappa shape index (κ1) is 19.9. The molecule has 0 aliphatic heterocycles. The van der Waals surface area contributed by atoms with E-state index in [4.69, 9.17) is 5.11 Å². The quantitative estimate of drug-likeness (QED) is 0.285. The fourth-order valence-electron chi connectivity index (χ4n) is 2.26. The first-order chi connectivity index (χ1) is 10.3. The van der Waals surface area contributed by atoms with E-state index >= 15 is 0 Å². The Bertz CT molecular complexity index is 279. The zero-order valence-corrected chi connectivity index (χ0v) is 13.9. The molecule has 0 fully saturated rings. The predicted octanol–water partition coefficient (Wildman–Crippen LogP) is 6.27. The molecule has 21 heavy (non-hydrogen) atoms. The Morgan fingerprint density at radius 2 is 1.29 bits per heavy atom. The maximum atomic E-state index is 10.3. The summed E-state index contributed by atoms with van der Waals surface area (Å²) in [5.41, 5.74) is 0. The molecule has 0 radical (unpaired) electrons. The van der Waals surface area contributed by atoms with Gasteiger partial charge in [0.25, 0.3) is 0 Å². The largest absolute Gasteiger partial charge is 0.481 e. The van der Waals surface area contributed by atoms with E-state index in [0.29, 0.717) is 6.42 Å². The highest BCUT2D eigenvalue weighted by Crippen LogP contribution is 2.07. The number of allylic oxidation sites excluding steroid dienone is 4. The molecular weight excluding hydrogens is 260 g/mol. The van der Waals surface area contributed by atoms with Crippen LogP contribution in [0.1, 0.15) is 90.4 Å². The second kappa shape index (κ2) is 17.0. The first-order valence-electron chi connectivity index (χ1n) is 8.79. The molecule has 0 aromatic heterocycles. The van der Waals surface area contributed by atoms with E-state index in [0.717, 1.165) is 32.1 Å². The monoisotopic (exact) mass is 294 g/mol. The van der Waals surface area contributed by atoms with E-state index in [-0.39, 0.29) is 0 Å². The van der Waals surface area contributed by atoms with Gasteiger partial charge in [-0.15, -0.1) is 0 Å². The van der Waals surface area contributed by atoms with E-state index in [1.165, 1.54) is 44.9 Å². The first-order valence-corrected chi connectivity index (χ1v) is 8.79. The molecule has 0 unspecified atom stereocenters. The van der Waals surface area contributed by atoms with Crippen molar-refractivity contribution in [1.82, 2.24) is 0 Å². The molecule has 0 amide bonds. The second-order valence-corrected chi connectivity index (χ2v) is 5.73. The van der Waals surface area contributed by atoms with Crippen molar-refractivity contribution in [3.8, 4) is 0 Å². The van der Waals surface area contributed by atoms with Crippen molar-refractivity contribution >= 4 is 5.97 Å². The zero-order valence-electron chi connectivity index (χ0n) is 13.9. The Kier molecular flexibility index (Phi) is 16.2. The summed E-state index contributed by atoms with van der Waals surface area (Å²) in [6.07, 6.45) is 23.7. The molecule has 2 nitrogen and oxygen atoms in total. The number of rotatable bonds is 15. The molecule has 0 aromatic carbocycles. The summed E-state index contributed by atoms with van der Waals surface area (Å²) in [7, 11) is 0. The van der Waals surface area contributed by atoms with Gasteiger partial charge in [-0.2, -0.15) is 0 Å². The van der Waals surface area contributed by atoms with Gasteiger partial charge in [0.1, 0.15) is 0 Å². The smallest absolute Gasteiger partial charge is 0.303 e. The van der Waals surface area contributed by atoms with E-state index in [9.17, 15) is 4.79 Å². The summed E-state index contributed by atoms with van der Waals surface area (Å²) in [5.74, 6) is -0.674. The highest BCUT2D eigenvalue weighted by atomic mass is 16.4. The Balaban J connectivity index is 3.19. The third-order valence-electron chi connectivity index (χ3n) is 3.59. The fourth-order valence-corrected chi connectivity index (χ4v) is 2.26. The maximum absolute atomic E-state index is 10.3. The summed E-state index contributed by atoms with van der Waals surface area (Å²) < 4.78 is 0. The van der Waals surface area contributed by atoms with Gasteiger partial charge < -0.3 is 5.11 Å². The molecule has 0 spiro atoms. The number of hydrogen-bond acceptors (Lipinski definition) is 1. The number of aliphatic carboxylic acids is 1. The van der Waals surface area contributed by atoms with E-state index in [1.807, 2.05) is 0 Å². The van der Waals surface area contributed by atoms with Crippen molar-refractivity contribution in [1.29, 1.82) is 0 Å². The van der Waals surface area contributed by atoms with Gasteiger partial charge in [-0.1, -0.05) is 69.8 Å². The lowest BCUT2D eigenvalue weighted by atomic mass is 10.1. The van der Waals surface area contributed by atoms with Gasteiger partial charge in [0, 0.05) is 6.42 Å². The molecule has 122 valence electrons. The van der Waals surface area contributed by atoms with Gasteiger partial charge in [0.2, 0.25) is 0 Å². The molecule has 0 aliphatic carbocycles. The average molecular weight is 294 g/mol. The third-order valence-corrected chi connectivity index (χ3v) is 3.59. The molecule has 0 rings (SSSR count). The van der Waals surface area contributed by atoms with Crippen LogP contribution in [-0.4, -0.2) is 11.1 Å². The molecule has 0 bridgehead atoms. The van der Waals surface area contributed by atoms with Crippen LogP contribution in [0.5, 0.6) is 0 Å². The lowest BCUT2D eigenvalue weighted by Gasteiger charge is -1.97. The van der Waals surface area contributed by atoms with Crippen LogP contribution in [0.25, 0.3) is 0 Å². The van der Waals surface area contributed by atoms with E-state index in [2.05, 4.69) is 31.2 Å². The third kappa shape index (κ3) is 18.9. The van der Waals surface area contributed by atoms with Crippen LogP contribution >= 0.6 is 0 Å². The maximum Gasteiger partial charge on any atom is 0.303 e. The minimum atomic E-state index is -0.674. The lowest BCUT2D eigenvalue weighted by molar-refractivity contribution is -0.137. The highest BCUT2D eigenvalue weighted by molar-refractivity contribution is 5.66. The molecule has 0 atom stereocenters. The molecule has 0 aromatic rings. The summed E-state index contributed by atoms with van der Waals surface area (Å²) in [4.78, 5) is 10.3. The Hall–Kier alpha value is -1.05. The van der Waals surface area contributed by atoms with Crippen LogP contribution in [-0.2, 0) is 4.79 Å². The lowest BCUT2D eigenvalue weighted by Crippen LogP contribution is -1.93. The van der Waals surface area contributed by atoms with Gasteiger partial charge in [-0.25, -0.2) is 0 Å². The van der Waals surface area contributed by atoms with Crippen LogP contribution in [0.2, 0.25) is 0 Å². The van der Waals surface area contributed by atoms with Gasteiger partial charge in [0.15, 0.2) is 0 Å². The number of carboxylic acids is 1. The molecular formula is C19H34O2. The normalized spacial score (nSPS) is 11.7. The van der Waals surface area contributed by atoms with Gasteiger partial charge in [-0.05, 0) is 38.5 Å². The Labute approximate surface area is 131 Å². The van der Waals surface area contributed by atoms with Crippen molar-refractivity contribution in [3.63, 3.8) is 0 Å². The molecule has 0 aliphatic rings. The summed E-state index contributed by atoms with van der Waals surface area (Å²) >= 11 is 0. The van der Waals surface area contributed by atoms with Crippen LogP contribution in [0.15, 0.2) is 24.3 Å². The van der Waals surface area contributed by atoms with Crippen LogP contribution < -0.4 is 0 Å². The minimum Gasteiger partial charge on any atom is -0.481 e. The second-order valence-electron chi connectivity index (χ2n) is 5.73. The van der Waals surface area contributed by atoms with Crippen LogP contribution in [0, 0.1) is 0 Å². The standard InChI is InChI=1S/C19H34O2/c1-2-3-4-5-6-7-8-9-10-11-12-13-14-15-16-17-18-19(20)21/h8-9,11-12H,2-7,10,13-18H2,1H3,(H,20,21)/b9-8-,12-11-. The van der Waals surface area contributed by atoms with Crippen LogP contribution in [0.3, 0.4) is 0 Å². The van der Waals surface area contributed by atoms with E-state index < -0.39 is 5.97 Å². The number of hydrogen-bond donors (Lipinski definition) is 1. The number of carbonyl (C=O) groups is 1. The Morgan fingerprint density at radius 3 is 1.81 bits per heavy atom. The summed E-state index contributed by atoms with van der Waals surface area (Å²) in [5, 5.41) is 8.51. The topological polar surface area (TPSA) is 37.3 Å². The van der Waals surface area contributed by atoms with Crippen molar-refractivity contribution in [2.45, 2.75) is 90.4 Å². The van der Waals surface area contributed by atoms with Crippen molar-refractivity contribution in [2.24, 2.45) is 0 Å². The molecule has 1 N–H and O–H groups in total. The van der Waals surface area contributed by atoms with Gasteiger partial charge >= 0.3 is 5.97 Å². The van der Waals surface area contributed by atoms with Gasteiger partial charge in [0.05, 0.1) is 0 Å². The van der Waals surface area contributed by atoms with Crippen molar-refractivity contribution < 1.29 is 9.90 Å². The molecule has 0 saturated carbocycles. The molecule has 2 heteroatoms. The van der Waals surface area contributed by atoms with Gasteiger partial charge in [-0.3, -0.25) is 4.79 Å². The number of carboxylic acid groups (broad SMARTS) is 1. The van der Waals surface area contributed by atoms with Crippen molar-refractivity contribution in [3.05, 3.63) is 24.3 Å². The summed E-state index contributed by atoms with van der Waals surface area (Å²) in [6.45, 7) is 2.25. The predicted molar refractivity (Wildman–Crippen MR) is 91.6 cm³/mol. The highest BCUT2D eigenvalue weighted by Gasteiger charge is 1.95. The Morgan fingerprint density at radius 1 is 0.762 bits per heavy atom. The fraction of sp³-hybridized carbons (Fsp3) is 0.737. The van der Waals surface area contributed by atoms with Crippen LogP contribution in [0.4, 0.5) is 0 Å². The average Bonchev–Trinajstić information content (AvgIpc) is 2.46. The minimum absolute atomic E-state index is 0.319. The van der Waals surface area contributed by atoms with E-state index in [1.54, 1.807) is 0 Å².